The summed E-state index contributed by atoms with van der Waals surface area (Å²) in [6.07, 6.45) is 9.82. The van der Waals surface area contributed by atoms with E-state index in [2.05, 4.69) is 11.7 Å². The Morgan fingerprint density at radius 3 is 2.12 bits per heavy atom. The summed E-state index contributed by atoms with van der Waals surface area (Å²) >= 11 is 0. The van der Waals surface area contributed by atoms with Crippen molar-refractivity contribution >= 4 is 0 Å². The third-order valence-electron chi connectivity index (χ3n) is 6.79. The molecule has 3 rings (SSSR count). The largest absolute Gasteiger partial charge is 0.573 e. The van der Waals surface area contributed by atoms with Crippen LogP contribution in [0.15, 0.2) is 24.3 Å². The smallest absolute Gasteiger partial charge is 0.406 e. The maximum absolute atomic E-state index is 12.3. The average Bonchev–Trinajstić information content (AvgIpc) is 2.63. The van der Waals surface area contributed by atoms with Gasteiger partial charge < -0.3 is 4.74 Å². The summed E-state index contributed by atoms with van der Waals surface area (Å²) in [4.78, 5) is 0. The Kier molecular flexibility index (Phi) is 6.19. The zero-order valence-electron chi connectivity index (χ0n) is 15.8. The van der Waals surface area contributed by atoms with Crippen molar-refractivity contribution in [1.82, 2.24) is 0 Å². The molecule has 146 valence electrons. The number of benzene rings is 1. The lowest BCUT2D eigenvalue weighted by atomic mass is 9.58. The molecule has 1 nitrogen and oxygen atoms in total. The van der Waals surface area contributed by atoms with Crippen molar-refractivity contribution in [3.05, 3.63) is 29.8 Å². The summed E-state index contributed by atoms with van der Waals surface area (Å²) in [7, 11) is 0. The van der Waals surface area contributed by atoms with Crippen LogP contribution in [0.1, 0.15) is 89.0 Å². The van der Waals surface area contributed by atoms with Crippen molar-refractivity contribution in [3.63, 3.8) is 0 Å². The lowest BCUT2D eigenvalue weighted by Crippen LogP contribution is -2.35. The second kappa shape index (κ2) is 8.22. The van der Waals surface area contributed by atoms with Crippen molar-refractivity contribution in [2.45, 2.75) is 89.8 Å². The first-order chi connectivity index (χ1) is 12.4. The first kappa shape index (κ1) is 19.6. The van der Waals surface area contributed by atoms with Gasteiger partial charge in [-0.15, -0.1) is 13.2 Å². The van der Waals surface area contributed by atoms with Gasteiger partial charge in [0, 0.05) is 0 Å². The predicted molar refractivity (Wildman–Crippen MR) is 98.3 cm³/mol. The predicted octanol–water partition coefficient (Wildman–Crippen LogP) is 7.61. The van der Waals surface area contributed by atoms with Crippen molar-refractivity contribution in [2.24, 2.45) is 11.3 Å². The molecule has 2 aliphatic rings. The molecule has 26 heavy (non-hydrogen) atoms. The Hall–Kier alpha value is -1.19. The number of ether oxygens (including phenoxy) is 1. The van der Waals surface area contributed by atoms with Crippen LogP contribution in [0.4, 0.5) is 13.2 Å². The molecule has 0 aromatic heterocycles. The van der Waals surface area contributed by atoms with Crippen LogP contribution in [-0.4, -0.2) is 6.36 Å². The van der Waals surface area contributed by atoms with Gasteiger partial charge in [-0.2, -0.15) is 0 Å². The van der Waals surface area contributed by atoms with Gasteiger partial charge in [0.05, 0.1) is 0 Å². The monoisotopic (exact) mass is 368 g/mol. The quantitative estimate of drug-likeness (QED) is 0.519. The summed E-state index contributed by atoms with van der Waals surface area (Å²) in [5.74, 6) is 1.24. The Bertz CT molecular complexity index is 550. The van der Waals surface area contributed by atoms with Gasteiger partial charge in [-0.3, -0.25) is 0 Å². The number of alkyl halides is 3. The van der Waals surface area contributed by atoms with E-state index in [1.54, 1.807) is 0 Å². The SMILES string of the molecule is CCCC1(C2CCCCC2)CCC(c2ccc(OC(F)(F)F)cc2)CC1. The minimum Gasteiger partial charge on any atom is -0.406 e. The van der Waals surface area contributed by atoms with Crippen molar-refractivity contribution in [1.29, 1.82) is 0 Å². The molecule has 1 aromatic rings. The number of hydrogen-bond donors (Lipinski definition) is 0. The van der Waals surface area contributed by atoms with E-state index in [1.165, 1.54) is 69.9 Å². The first-order valence-corrected chi connectivity index (χ1v) is 10.3. The fraction of sp³-hybridized carbons (Fsp3) is 0.727. The number of rotatable bonds is 5. The lowest BCUT2D eigenvalue weighted by Gasteiger charge is -2.47. The van der Waals surface area contributed by atoms with Gasteiger partial charge in [0.25, 0.3) is 0 Å². The Balaban J connectivity index is 1.63. The van der Waals surface area contributed by atoms with Crippen molar-refractivity contribution in [2.75, 3.05) is 0 Å². The van der Waals surface area contributed by atoms with Crippen LogP contribution in [0.5, 0.6) is 5.75 Å². The highest BCUT2D eigenvalue weighted by atomic mass is 19.4. The maximum Gasteiger partial charge on any atom is 0.573 e. The first-order valence-electron chi connectivity index (χ1n) is 10.3. The minimum atomic E-state index is -4.62. The number of halogens is 3. The minimum absolute atomic E-state index is 0.125. The highest BCUT2D eigenvalue weighted by molar-refractivity contribution is 5.30. The Labute approximate surface area is 155 Å². The van der Waals surface area contributed by atoms with Crippen molar-refractivity contribution in [3.8, 4) is 5.75 Å². The molecule has 2 saturated carbocycles. The summed E-state index contributed by atoms with van der Waals surface area (Å²) in [5, 5.41) is 0. The molecule has 2 aliphatic carbocycles. The normalized spacial score (nSPS) is 28.1. The van der Waals surface area contributed by atoms with Crippen LogP contribution in [0.3, 0.4) is 0 Å². The maximum atomic E-state index is 12.3. The van der Waals surface area contributed by atoms with Crippen LogP contribution >= 0.6 is 0 Å². The van der Waals surface area contributed by atoms with E-state index >= 15 is 0 Å². The molecule has 2 fully saturated rings. The highest BCUT2D eigenvalue weighted by Gasteiger charge is 2.41. The zero-order valence-corrected chi connectivity index (χ0v) is 15.8. The van der Waals surface area contributed by atoms with Gasteiger partial charge in [0.15, 0.2) is 0 Å². The van der Waals surface area contributed by atoms with Crippen LogP contribution < -0.4 is 4.74 Å². The summed E-state index contributed by atoms with van der Waals surface area (Å²) < 4.78 is 40.9. The van der Waals surface area contributed by atoms with Gasteiger partial charge >= 0.3 is 6.36 Å². The van der Waals surface area contributed by atoms with Crippen LogP contribution in [0.25, 0.3) is 0 Å². The summed E-state index contributed by atoms with van der Waals surface area (Å²) in [6, 6.07) is 6.55. The Morgan fingerprint density at radius 1 is 0.962 bits per heavy atom. The van der Waals surface area contributed by atoms with E-state index in [4.69, 9.17) is 0 Å². The highest BCUT2D eigenvalue weighted by Crippen LogP contribution is 2.53. The molecular formula is C22H31F3O. The van der Waals surface area contributed by atoms with E-state index in [9.17, 15) is 13.2 Å². The molecular weight excluding hydrogens is 337 g/mol. The van der Waals surface area contributed by atoms with E-state index < -0.39 is 6.36 Å². The van der Waals surface area contributed by atoms with Gasteiger partial charge in [0.1, 0.15) is 5.75 Å². The molecule has 0 saturated heterocycles. The van der Waals surface area contributed by atoms with E-state index in [0.29, 0.717) is 11.3 Å². The molecule has 1 aromatic carbocycles. The second-order valence-electron chi connectivity index (χ2n) is 8.34. The van der Waals surface area contributed by atoms with Gasteiger partial charge in [-0.1, -0.05) is 44.7 Å². The molecule has 0 unspecified atom stereocenters. The van der Waals surface area contributed by atoms with E-state index in [0.717, 1.165) is 24.3 Å². The third kappa shape index (κ3) is 4.75. The third-order valence-corrected chi connectivity index (χ3v) is 6.79. The van der Waals surface area contributed by atoms with Crippen LogP contribution in [0, 0.1) is 11.3 Å². The summed E-state index contributed by atoms with van der Waals surface area (Å²) in [6.45, 7) is 2.30. The fourth-order valence-electron chi connectivity index (χ4n) is 5.54. The molecule has 4 heteroatoms. The second-order valence-corrected chi connectivity index (χ2v) is 8.34. The van der Waals surface area contributed by atoms with E-state index in [1.807, 2.05) is 12.1 Å². The van der Waals surface area contributed by atoms with Gasteiger partial charge in [-0.05, 0) is 79.9 Å². The van der Waals surface area contributed by atoms with Crippen LogP contribution in [0.2, 0.25) is 0 Å². The molecule has 0 N–H and O–H groups in total. The topological polar surface area (TPSA) is 9.23 Å². The van der Waals surface area contributed by atoms with Gasteiger partial charge in [0.2, 0.25) is 0 Å². The van der Waals surface area contributed by atoms with Gasteiger partial charge in [-0.25, -0.2) is 0 Å². The number of hydrogen-bond acceptors (Lipinski definition) is 1. The lowest BCUT2D eigenvalue weighted by molar-refractivity contribution is -0.274. The van der Waals surface area contributed by atoms with Crippen LogP contribution in [-0.2, 0) is 0 Å². The molecule has 0 amide bonds. The molecule has 0 spiro atoms. The summed E-state index contributed by atoms with van der Waals surface area (Å²) in [5.41, 5.74) is 1.68. The fourth-order valence-corrected chi connectivity index (χ4v) is 5.54. The zero-order chi connectivity index (χ0) is 18.6. The van der Waals surface area contributed by atoms with Crippen molar-refractivity contribution < 1.29 is 17.9 Å². The Morgan fingerprint density at radius 2 is 1.58 bits per heavy atom. The molecule has 0 bridgehead atoms. The average molecular weight is 368 g/mol. The molecule has 0 radical (unpaired) electrons. The molecule has 0 heterocycles. The molecule has 0 atom stereocenters. The standard InChI is InChI=1S/C22H31F3O/c1-2-14-21(19-6-4-3-5-7-19)15-12-18(13-16-21)17-8-10-20(11-9-17)26-22(23,24)25/h8-11,18-19H,2-7,12-16H2,1H3. The molecule has 0 aliphatic heterocycles. The van der Waals surface area contributed by atoms with E-state index in [-0.39, 0.29) is 5.75 Å².